The fourth-order valence-electron chi connectivity index (χ4n) is 10.6. The first-order valence-electron chi connectivity index (χ1n) is 26.9. The summed E-state index contributed by atoms with van der Waals surface area (Å²) in [6.45, 7) is 39.3. The molecule has 0 bridgehead atoms. The number of aryl methyl sites for hydroxylation is 3. The van der Waals surface area contributed by atoms with E-state index in [-0.39, 0.29) is 43.8 Å². The van der Waals surface area contributed by atoms with Gasteiger partial charge in [-0.15, -0.1) is 0 Å². The number of aliphatic carboxylic acids is 3. The zero-order chi connectivity index (χ0) is 57.0. The third-order valence-corrected chi connectivity index (χ3v) is 15.2. The van der Waals surface area contributed by atoms with Crippen LogP contribution in [-0.2, 0) is 76.3 Å². The minimum Gasteiger partial charge on any atom is -0.485 e. The van der Waals surface area contributed by atoms with Crippen molar-refractivity contribution in [2.24, 2.45) is 5.41 Å². The van der Waals surface area contributed by atoms with Gasteiger partial charge in [0.05, 0.1) is 30.7 Å². The summed E-state index contributed by atoms with van der Waals surface area (Å²) in [6, 6.07) is 13.1. The smallest absolute Gasteiger partial charge is 0.303 e. The number of hydrogen-bond acceptors (Lipinski definition) is 8. The second kappa shape index (κ2) is 24.0. The molecule has 3 aromatic rings. The Morgan fingerprint density at radius 1 is 0.486 bits per heavy atom. The van der Waals surface area contributed by atoms with E-state index >= 15 is 0 Å². The van der Waals surface area contributed by atoms with E-state index in [9.17, 15) is 45.0 Å². The molecule has 0 amide bonds. The Morgan fingerprint density at radius 2 is 0.757 bits per heavy atom. The highest BCUT2D eigenvalue weighted by molar-refractivity contribution is 7.80. The maximum absolute atomic E-state index is 12.4. The van der Waals surface area contributed by atoms with Crippen molar-refractivity contribution in [1.82, 2.24) is 0 Å². The molecule has 74 heavy (non-hydrogen) atoms. The van der Waals surface area contributed by atoms with Crippen molar-refractivity contribution >= 4 is 35.2 Å². The van der Waals surface area contributed by atoms with Gasteiger partial charge in [0, 0.05) is 25.2 Å². The number of unbranched alkanes of at least 4 members (excludes halogenated alkanes) is 1. The molecule has 0 saturated heterocycles. The normalized spacial score (nSPS) is 13.8. The van der Waals surface area contributed by atoms with Gasteiger partial charge in [0.15, 0.2) is 5.05 Å². The Kier molecular flexibility index (Phi) is 20.8. The second-order valence-corrected chi connectivity index (χ2v) is 27.8. The molecule has 0 fully saturated rings. The number of ether oxygens (including phenoxy) is 1. The average Bonchev–Trinajstić information content (AvgIpc) is 3.26. The lowest BCUT2D eigenvalue weighted by molar-refractivity contribution is -0.138. The number of thiocarbonyl (C=S) groups is 1. The largest absolute Gasteiger partial charge is 0.485 e. The molecule has 414 valence electrons. The van der Waals surface area contributed by atoms with Gasteiger partial charge in [-0.05, 0) is 137 Å². The topological polar surface area (TPSA) is 182 Å². The highest BCUT2D eigenvalue weighted by Gasteiger charge is 2.57. The first-order valence-corrected chi connectivity index (χ1v) is 27.3. The van der Waals surface area contributed by atoms with Gasteiger partial charge in [-0.1, -0.05) is 181 Å². The van der Waals surface area contributed by atoms with Gasteiger partial charge in [0.2, 0.25) is 0 Å². The molecule has 6 N–H and O–H groups in total. The number of carbonyl (C=O) groups is 3. The molecule has 0 spiro atoms. The van der Waals surface area contributed by atoms with Crippen LogP contribution in [0.1, 0.15) is 243 Å². The number of benzene rings is 3. The quantitative estimate of drug-likeness (QED) is 0.0527. The fraction of sp³-hybridized carbons (Fsp3) is 0.651. The van der Waals surface area contributed by atoms with E-state index in [1.165, 1.54) is 0 Å². The van der Waals surface area contributed by atoms with Crippen molar-refractivity contribution in [3.05, 3.63) is 103 Å². The van der Waals surface area contributed by atoms with Crippen LogP contribution in [0.25, 0.3) is 0 Å². The van der Waals surface area contributed by atoms with Gasteiger partial charge >= 0.3 is 17.9 Å². The molecule has 11 heteroatoms. The molecule has 10 nitrogen and oxygen atoms in total. The molecule has 1 unspecified atom stereocenters. The van der Waals surface area contributed by atoms with Crippen LogP contribution in [0, 0.1) is 5.41 Å². The van der Waals surface area contributed by atoms with Crippen LogP contribution in [0.15, 0.2) is 36.4 Å². The van der Waals surface area contributed by atoms with Crippen molar-refractivity contribution in [3.63, 3.8) is 0 Å². The van der Waals surface area contributed by atoms with Crippen molar-refractivity contribution in [1.29, 1.82) is 0 Å². The van der Waals surface area contributed by atoms with Crippen molar-refractivity contribution in [2.75, 3.05) is 26.4 Å². The van der Waals surface area contributed by atoms with Crippen molar-refractivity contribution in [2.45, 2.75) is 233 Å². The van der Waals surface area contributed by atoms with Crippen LogP contribution in [-0.4, -0.2) is 80.0 Å². The van der Waals surface area contributed by atoms with E-state index < -0.39 is 87.0 Å². The predicted molar refractivity (Wildman–Crippen MR) is 305 cm³/mol. The standard InChI is InChI=1S/C63H96O10S/c1-20-21-22-42(52-43(56(2,3)4)29-39(23-26-49(67)68)30-44(52)57(5,6)7)63(55(74)73-38-62(35-64,36-65)37-66,53-45(58(8,9)10)31-40(24-27-50(69)70)32-46(53)59(11,12)13)54-47(60(14,15)16)33-41(25-28-51(71)72)34-48(54)61(17,18)19/h29-34,42,64-66H,20-28,35-38H2,1-19H3,(H,67,68)(H,69,70)(H,71,72). The van der Waals surface area contributed by atoms with Crippen LogP contribution < -0.4 is 0 Å². The summed E-state index contributed by atoms with van der Waals surface area (Å²) >= 11 is 7.24. The zero-order valence-corrected chi connectivity index (χ0v) is 49.8. The van der Waals surface area contributed by atoms with Gasteiger partial charge in [0.25, 0.3) is 0 Å². The maximum atomic E-state index is 12.4. The Bertz CT molecular complexity index is 2260. The molecule has 0 saturated carbocycles. The molecule has 3 rings (SSSR count). The monoisotopic (exact) mass is 1040 g/mol. The van der Waals surface area contributed by atoms with E-state index in [0.717, 1.165) is 79.6 Å². The highest BCUT2D eigenvalue weighted by Crippen LogP contribution is 2.60. The highest BCUT2D eigenvalue weighted by atomic mass is 32.1. The first kappa shape index (κ1) is 64.1. The number of hydrogen-bond donors (Lipinski definition) is 6. The van der Waals surface area contributed by atoms with E-state index in [2.05, 4.69) is 168 Å². The van der Waals surface area contributed by atoms with Crippen LogP contribution in [0.5, 0.6) is 0 Å². The van der Waals surface area contributed by atoms with Gasteiger partial charge in [0.1, 0.15) is 6.61 Å². The van der Waals surface area contributed by atoms with Crippen LogP contribution in [0.3, 0.4) is 0 Å². The first-order chi connectivity index (χ1) is 33.7. The van der Waals surface area contributed by atoms with Crippen molar-refractivity contribution < 1.29 is 49.8 Å². The minimum atomic E-state index is -1.49. The van der Waals surface area contributed by atoms with E-state index in [1.807, 2.05) is 0 Å². The zero-order valence-electron chi connectivity index (χ0n) is 49.0. The Balaban J connectivity index is 3.32. The summed E-state index contributed by atoms with van der Waals surface area (Å²) in [5.74, 6) is -3.26. The number of aliphatic hydroxyl groups excluding tert-OH is 3. The molecule has 0 aliphatic heterocycles. The van der Waals surface area contributed by atoms with Crippen LogP contribution in [0.2, 0.25) is 0 Å². The Morgan fingerprint density at radius 3 is 0.986 bits per heavy atom. The predicted octanol–water partition coefficient (Wildman–Crippen LogP) is 13.1. The van der Waals surface area contributed by atoms with Gasteiger partial charge in [-0.2, -0.15) is 0 Å². The molecule has 3 aromatic carbocycles. The van der Waals surface area contributed by atoms with Gasteiger partial charge in [-0.3, -0.25) is 14.4 Å². The summed E-state index contributed by atoms with van der Waals surface area (Å²) in [5, 5.41) is 63.4. The lowest BCUT2D eigenvalue weighted by Gasteiger charge is -2.52. The number of rotatable bonds is 22. The molecule has 0 aromatic heterocycles. The lowest BCUT2D eigenvalue weighted by Crippen LogP contribution is -2.51. The van der Waals surface area contributed by atoms with Crippen LogP contribution in [0.4, 0.5) is 0 Å². The average molecular weight is 1050 g/mol. The van der Waals surface area contributed by atoms with Crippen LogP contribution >= 0.6 is 12.2 Å². The summed E-state index contributed by atoms with van der Waals surface area (Å²) in [4.78, 5) is 37.0. The Labute approximate surface area is 451 Å². The second-order valence-electron chi connectivity index (χ2n) is 27.5. The Hall–Kier alpha value is -4.16. The van der Waals surface area contributed by atoms with E-state index in [0.29, 0.717) is 12.8 Å². The minimum absolute atomic E-state index is 0.0494. The molecular weight excluding hydrogens is 949 g/mol. The molecule has 0 heterocycles. The number of aliphatic hydroxyl groups is 3. The van der Waals surface area contributed by atoms with E-state index in [1.54, 1.807) is 0 Å². The molecule has 1 atom stereocenters. The summed E-state index contributed by atoms with van der Waals surface area (Å²) < 4.78 is 7.30. The van der Waals surface area contributed by atoms with Crippen molar-refractivity contribution in [3.8, 4) is 0 Å². The molecule has 0 aliphatic rings. The maximum Gasteiger partial charge on any atom is 0.303 e. The summed E-state index contributed by atoms with van der Waals surface area (Å²) in [6.07, 6.45) is 2.80. The SMILES string of the molecule is CCCCC(c1c(C(C)(C)C)cc(CCC(=O)O)cc1C(C)(C)C)C(C(=S)OCC(CO)(CO)CO)(c1c(C(C)(C)C)cc(CCC(=O)O)cc1C(C)(C)C)c1c(C(C)(C)C)cc(CCC(=O)O)cc1C(C)(C)C. The van der Waals surface area contributed by atoms with Gasteiger partial charge < -0.3 is 35.4 Å². The summed E-state index contributed by atoms with van der Waals surface area (Å²) in [7, 11) is 0. The summed E-state index contributed by atoms with van der Waals surface area (Å²) in [5.41, 5.74) is 4.85. The fourth-order valence-corrected chi connectivity index (χ4v) is 11.0. The number of carboxylic acid groups (broad SMARTS) is 3. The van der Waals surface area contributed by atoms with Gasteiger partial charge in [-0.25, -0.2) is 0 Å². The van der Waals surface area contributed by atoms with E-state index in [4.69, 9.17) is 17.0 Å². The molecule has 0 aliphatic carbocycles. The third-order valence-electron chi connectivity index (χ3n) is 14.7. The third kappa shape index (κ3) is 15.1. The molecular formula is C63H96O10S. The molecule has 0 radical (unpaired) electrons. The lowest BCUT2D eigenvalue weighted by atomic mass is 9.52. The number of carboxylic acids is 3.